The SMILES string of the molecule is CC1CC1C(O)Cc1cccc(F)c1. The van der Waals surface area contributed by atoms with E-state index in [-0.39, 0.29) is 11.9 Å². The van der Waals surface area contributed by atoms with Gasteiger partial charge in [-0.05, 0) is 42.4 Å². The van der Waals surface area contributed by atoms with Gasteiger partial charge in [-0.3, -0.25) is 0 Å². The van der Waals surface area contributed by atoms with Crippen molar-refractivity contribution in [2.75, 3.05) is 0 Å². The zero-order valence-electron chi connectivity index (χ0n) is 8.28. The van der Waals surface area contributed by atoms with Gasteiger partial charge in [0.25, 0.3) is 0 Å². The van der Waals surface area contributed by atoms with Crippen molar-refractivity contribution >= 4 is 0 Å². The summed E-state index contributed by atoms with van der Waals surface area (Å²) >= 11 is 0. The summed E-state index contributed by atoms with van der Waals surface area (Å²) in [7, 11) is 0. The van der Waals surface area contributed by atoms with Crippen LogP contribution in [0.25, 0.3) is 0 Å². The van der Waals surface area contributed by atoms with E-state index in [1.165, 1.54) is 12.1 Å². The molecule has 2 heteroatoms. The molecule has 14 heavy (non-hydrogen) atoms. The molecular weight excluding hydrogens is 179 g/mol. The van der Waals surface area contributed by atoms with Crippen molar-refractivity contribution < 1.29 is 9.50 Å². The molecule has 76 valence electrons. The quantitative estimate of drug-likeness (QED) is 0.783. The van der Waals surface area contributed by atoms with E-state index >= 15 is 0 Å². The molecule has 0 aliphatic heterocycles. The van der Waals surface area contributed by atoms with Crippen molar-refractivity contribution in [2.24, 2.45) is 11.8 Å². The summed E-state index contributed by atoms with van der Waals surface area (Å²) in [4.78, 5) is 0. The van der Waals surface area contributed by atoms with Crippen LogP contribution >= 0.6 is 0 Å². The van der Waals surface area contributed by atoms with Crippen LogP contribution in [-0.2, 0) is 6.42 Å². The molecule has 1 saturated carbocycles. The minimum Gasteiger partial charge on any atom is -0.392 e. The van der Waals surface area contributed by atoms with Gasteiger partial charge in [-0.25, -0.2) is 4.39 Å². The van der Waals surface area contributed by atoms with Crippen LogP contribution in [0.1, 0.15) is 18.9 Å². The van der Waals surface area contributed by atoms with Crippen LogP contribution in [0.4, 0.5) is 4.39 Å². The first-order valence-corrected chi connectivity index (χ1v) is 5.09. The highest BCUT2D eigenvalue weighted by Gasteiger charge is 2.38. The fraction of sp³-hybridized carbons (Fsp3) is 0.500. The first-order chi connectivity index (χ1) is 6.66. The van der Waals surface area contributed by atoms with Gasteiger partial charge >= 0.3 is 0 Å². The lowest BCUT2D eigenvalue weighted by Gasteiger charge is -2.09. The van der Waals surface area contributed by atoms with Gasteiger partial charge in [0.15, 0.2) is 0 Å². The van der Waals surface area contributed by atoms with E-state index < -0.39 is 0 Å². The number of hydrogen-bond acceptors (Lipinski definition) is 1. The number of aliphatic hydroxyl groups excluding tert-OH is 1. The molecule has 0 aromatic heterocycles. The van der Waals surface area contributed by atoms with E-state index in [1.54, 1.807) is 6.07 Å². The summed E-state index contributed by atoms with van der Waals surface area (Å²) < 4.78 is 12.8. The fourth-order valence-electron chi connectivity index (χ4n) is 1.94. The van der Waals surface area contributed by atoms with Crippen LogP contribution in [0, 0.1) is 17.7 Å². The van der Waals surface area contributed by atoms with Crippen molar-refractivity contribution in [2.45, 2.75) is 25.9 Å². The molecule has 0 bridgehead atoms. The van der Waals surface area contributed by atoms with Crippen molar-refractivity contribution in [1.82, 2.24) is 0 Å². The molecule has 1 aromatic carbocycles. The Bertz CT molecular complexity index is 324. The predicted molar refractivity (Wildman–Crippen MR) is 53.4 cm³/mol. The summed E-state index contributed by atoms with van der Waals surface area (Å²) in [5.41, 5.74) is 0.886. The maximum atomic E-state index is 12.8. The summed E-state index contributed by atoms with van der Waals surface area (Å²) in [6, 6.07) is 6.47. The van der Waals surface area contributed by atoms with Crippen LogP contribution in [0.3, 0.4) is 0 Å². The summed E-state index contributed by atoms with van der Waals surface area (Å²) in [5, 5.41) is 9.78. The standard InChI is InChI=1S/C12H15FO/c1-8-5-11(8)12(14)7-9-3-2-4-10(13)6-9/h2-4,6,8,11-12,14H,5,7H2,1H3. The van der Waals surface area contributed by atoms with Gasteiger partial charge in [0.05, 0.1) is 6.10 Å². The third-order valence-corrected chi connectivity index (χ3v) is 3.00. The molecule has 3 unspecified atom stereocenters. The second-order valence-electron chi connectivity index (χ2n) is 4.28. The topological polar surface area (TPSA) is 20.2 Å². The molecule has 0 spiro atoms. The molecule has 1 nitrogen and oxygen atoms in total. The minimum absolute atomic E-state index is 0.224. The lowest BCUT2D eigenvalue weighted by molar-refractivity contribution is 0.146. The number of hydrogen-bond donors (Lipinski definition) is 1. The molecule has 3 atom stereocenters. The van der Waals surface area contributed by atoms with E-state index in [4.69, 9.17) is 0 Å². The van der Waals surface area contributed by atoms with E-state index in [0.29, 0.717) is 18.3 Å². The molecule has 0 heterocycles. The number of halogens is 1. The van der Waals surface area contributed by atoms with Crippen LogP contribution in [-0.4, -0.2) is 11.2 Å². The summed E-state index contributed by atoms with van der Waals surface area (Å²) in [6.07, 6.45) is 1.38. The zero-order valence-corrected chi connectivity index (χ0v) is 8.28. The molecule has 0 radical (unpaired) electrons. The van der Waals surface area contributed by atoms with E-state index in [2.05, 4.69) is 6.92 Å². The molecule has 0 amide bonds. The molecule has 1 N–H and O–H groups in total. The van der Waals surface area contributed by atoms with Crippen molar-refractivity contribution in [3.8, 4) is 0 Å². The third kappa shape index (κ3) is 2.13. The Hall–Kier alpha value is -0.890. The highest BCUT2D eigenvalue weighted by Crippen LogP contribution is 2.41. The van der Waals surface area contributed by atoms with Gasteiger partial charge in [0, 0.05) is 0 Å². The first kappa shape index (κ1) is 9.66. The Morgan fingerprint density at radius 3 is 2.86 bits per heavy atom. The number of benzene rings is 1. The van der Waals surface area contributed by atoms with Gasteiger partial charge in [-0.2, -0.15) is 0 Å². The molecule has 1 fully saturated rings. The molecule has 1 aliphatic rings. The number of rotatable bonds is 3. The second-order valence-corrected chi connectivity index (χ2v) is 4.28. The van der Waals surface area contributed by atoms with E-state index in [9.17, 15) is 9.50 Å². The van der Waals surface area contributed by atoms with Crippen molar-refractivity contribution in [1.29, 1.82) is 0 Å². The summed E-state index contributed by atoms with van der Waals surface area (Å²) in [6.45, 7) is 2.14. The Balaban J connectivity index is 1.96. The largest absolute Gasteiger partial charge is 0.392 e. The van der Waals surface area contributed by atoms with Crippen molar-refractivity contribution in [3.63, 3.8) is 0 Å². The van der Waals surface area contributed by atoms with Crippen LogP contribution in [0.15, 0.2) is 24.3 Å². The van der Waals surface area contributed by atoms with Crippen LogP contribution in [0.5, 0.6) is 0 Å². The zero-order chi connectivity index (χ0) is 10.1. The van der Waals surface area contributed by atoms with Crippen LogP contribution in [0.2, 0.25) is 0 Å². The van der Waals surface area contributed by atoms with Gasteiger partial charge in [0.1, 0.15) is 5.82 Å². The lowest BCUT2D eigenvalue weighted by Crippen LogP contribution is -2.13. The fourth-order valence-corrected chi connectivity index (χ4v) is 1.94. The first-order valence-electron chi connectivity index (χ1n) is 5.09. The average Bonchev–Trinajstić information content (AvgIpc) is 2.82. The maximum Gasteiger partial charge on any atom is 0.123 e. The Labute approximate surface area is 83.6 Å². The van der Waals surface area contributed by atoms with Crippen molar-refractivity contribution in [3.05, 3.63) is 35.6 Å². The van der Waals surface area contributed by atoms with Gasteiger partial charge in [0.2, 0.25) is 0 Å². The van der Waals surface area contributed by atoms with E-state index in [1.807, 2.05) is 6.07 Å². The molecular formula is C12H15FO. The Morgan fingerprint density at radius 1 is 1.57 bits per heavy atom. The number of aliphatic hydroxyl groups is 1. The highest BCUT2D eigenvalue weighted by molar-refractivity contribution is 5.17. The molecule has 1 aliphatic carbocycles. The Kier molecular flexibility index (Phi) is 2.55. The van der Waals surface area contributed by atoms with Gasteiger partial charge in [-0.1, -0.05) is 19.1 Å². The normalized spacial score (nSPS) is 27.4. The summed E-state index contributed by atoms with van der Waals surface area (Å²) in [5.74, 6) is 0.843. The lowest BCUT2D eigenvalue weighted by atomic mass is 10.0. The maximum absolute atomic E-state index is 12.8. The Morgan fingerprint density at radius 2 is 2.29 bits per heavy atom. The van der Waals surface area contributed by atoms with Gasteiger partial charge in [-0.15, -0.1) is 0 Å². The van der Waals surface area contributed by atoms with Crippen LogP contribution < -0.4 is 0 Å². The molecule has 0 saturated heterocycles. The predicted octanol–water partition coefficient (Wildman–Crippen LogP) is 2.39. The molecule has 1 aromatic rings. The van der Waals surface area contributed by atoms with E-state index in [0.717, 1.165) is 12.0 Å². The minimum atomic E-state index is -0.299. The monoisotopic (exact) mass is 194 g/mol. The average molecular weight is 194 g/mol. The third-order valence-electron chi connectivity index (χ3n) is 3.00. The second kappa shape index (κ2) is 3.70. The highest BCUT2D eigenvalue weighted by atomic mass is 19.1. The smallest absolute Gasteiger partial charge is 0.123 e. The molecule has 2 rings (SSSR count). The van der Waals surface area contributed by atoms with Gasteiger partial charge < -0.3 is 5.11 Å².